The first-order valence-electron chi connectivity index (χ1n) is 6.12. The number of fused-ring (bicyclic) bond motifs is 1. The maximum Gasteiger partial charge on any atom is 0.410 e. The molecule has 0 radical (unpaired) electrons. The Morgan fingerprint density at radius 1 is 1.38 bits per heavy atom. The summed E-state index contributed by atoms with van der Waals surface area (Å²) in [6, 6.07) is 0.588. The maximum atomic E-state index is 12.0. The molecule has 2 fully saturated rings. The first kappa shape index (κ1) is 11.7. The summed E-state index contributed by atoms with van der Waals surface area (Å²) in [4.78, 5) is 13.9. The minimum atomic E-state index is -0.407. The molecule has 0 aromatic rings. The molecule has 1 amide bonds. The Labute approximate surface area is 97.1 Å². The molecule has 0 spiro atoms. The lowest BCUT2D eigenvalue weighted by molar-refractivity contribution is 0.0217. The zero-order valence-corrected chi connectivity index (χ0v) is 10.4. The number of carbonyl (C=O) groups excluding carboxylic acids is 1. The number of amides is 1. The molecule has 4 heteroatoms. The molecule has 1 aliphatic carbocycles. The predicted molar refractivity (Wildman–Crippen MR) is 62.0 cm³/mol. The van der Waals surface area contributed by atoms with Crippen LogP contribution in [-0.4, -0.2) is 35.2 Å². The number of likely N-dealkylation sites (tertiary alicyclic amines) is 1. The highest BCUT2D eigenvalue weighted by atomic mass is 16.6. The molecule has 2 N–H and O–H groups in total. The SMILES string of the molecule is CC(C)(C)OC(=O)N1CC[C@@H]2C[C@@H](N)C[C@H]21. The van der Waals surface area contributed by atoms with Crippen molar-refractivity contribution in [3.63, 3.8) is 0 Å². The molecule has 2 rings (SSSR count). The third kappa shape index (κ3) is 2.32. The van der Waals surface area contributed by atoms with Crippen LogP contribution < -0.4 is 5.73 Å². The Bertz CT molecular complexity index is 285. The molecule has 1 saturated carbocycles. The average molecular weight is 226 g/mol. The van der Waals surface area contributed by atoms with E-state index in [4.69, 9.17) is 10.5 Å². The second-order valence-corrected chi connectivity index (χ2v) is 6.02. The van der Waals surface area contributed by atoms with Gasteiger partial charge in [-0.15, -0.1) is 0 Å². The Morgan fingerprint density at radius 2 is 2.06 bits per heavy atom. The standard InChI is InChI=1S/C12H22N2O2/c1-12(2,3)16-11(15)14-5-4-8-6-9(13)7-10(8)14/h8-10H,4-7,13H2,1-3H3/t8-,9-,10-/m1/s1. The quantitative estimate of drug-likeness (QED) is 0.684. The summed E-state index contributed by atoms with van der Waals surface area (Å²) in [5.41, 5.74) is 5.53. The molecule has 4 nitrogen and oxygen atoms in total. The Morgan fingerprint density at radius 3 is 2.69 bits per heavy atom. The van der Waals surface area contributed by atoms with Crippen LogP contribution in [0.15, 0.2) is 0 Å². The summed E-state index contributed by atoms with van der Waals surface area (Å²) in [7, 11) is 0. The fourth-order valence-electron chi connectivity index (χ4n) is 2.85. The molecule has 0 aromatic carbocycles. The average Bonchev–Trinajstić information content (AvgIpc) is 2.58. The summed E-state index contributed by atoms with van der Waals surface area (Å²) in [6.07, 6.45) is 2.90. The highest BCUT2D eigenvalue weighted by Crippen LogP contribution is 2.37. The van der Waals surface area contributed by atoms with Gasteiger partial charge in [-0.2, -0.15) is 0 Å². The maximum absolute atomic E-state index is 12.0. The van der Waals surface area contributed by atoms with Gasteiger partial charge in [-0.3, -0.25) is 0 Å². The van der Waals surface area contributed by atoms with Crippen LogP contribution in [0.1, 0.15) is 40.0 Å². The van der Waals surface area contributed by atoms with E-state index in [0.29, 0.717) is 12.0 Å². The van der Waals surface area contributed by atoms with Gasteiger partial charge in [0.15, 0.2) is 0 Å². The summed E-state index contributed by atoms with van der Waals surface area (Å²) < 4.78 is 5.41. The van der Waals surface area contributed by atoms with Crippen molar-refractivity contribution in [2.24, 2.45) is 11.7 Å². The van der Waals surface area contributed by atoms with E-state index in [0.717, 1.165) is 25.8 Å². The molecule has 92 valence electrons. The molecule has 0 unspecified atom stereocenters. The minimum Gasteiger partial charge on any atom is -0.444 e. The molecule has 0 bridgehead atoms. The monoisotopic (exact) mass is 226 g/mol. The summed E-state index contributed by atoms with van der Waals surface area (Å²) in [5, 5.41) is 0. The van der Waals surface area contributed by atoms with E-state index in [-0.39, 0.29) is 12.1 Å². The fourth-order valence-corrected chi connectivity index (χ4v) is 2.85. The molecule has 0 aromatic heterocycles. The molecule has 1 saturated heterocycles. The van der Waals surface area contributed by atoms with E-state index < -0.39 is 5.60 Å². The van der Waals surface area contributed by atoms with Crippen LogP contribution in [0, 0.1) is 5.92 Å². The molecule has 16 heavy (non-hydrogen) atoms. The summed E-state index contributed by atoms with van der Waals surface area (Å²) >= 11 is 0. The van der Waals surface area contributed by atoms with E-state index in [1.165, 1.54) is 0 Å². The molecular weight excluding hydrogens is 204 g/mol. The van der Waals surface area contributed by atoms with Gasteiger partial charge in [0.2, 0.25) is 0 Å². The highest BCUT2D eigenvalue weighted by molar-refractivity contribution is 5.69. The highest BCUT2D eigenvalue weighted by Gasteiger charge is 2.44. The zero-order chi connectivity index (χ0) is 11.9. The number of nitrogens with zero attached hydrogens (tertiary/aromatic N) is 1. The Balaban J connectivity index is 1.98. The molecular formula is C12H22N2O2. The number of hydrogen-bond donors (Lipinski definition) is 1. The fraction of sp³-hybridized carbons (Fsp3) is 0.917. The van der Waals surface area contributed by atoms with Gasteiger partial charge in [0, 0.05) is 18.6 Å². The van der Waals surface area contributed by atoms with Gasteiger partial charge in [-0.25, -0.2) is 4.79 Å². The van der Waals surface area contributed by atoms with Gasteiger partial charge in [-0.05, 0) is 46.0 Å². The van der Waals surface area contributed by atoms with E-state index in [2.05, 4.69) is 0 Å². The van der Waals surface area contributed by atoms with Crippen molar-refractivity contribution in [1.82, 2.24) is 4.90 Å². The minimum absolute atomic E-state index is 0.172. The van der Waals surface area contributed by atoms with Crippen LogP contribution in [0.25, 0.3) is 0 Å². The number of rotatable bonds is 0. The molecule has 3 atom stereocenters. The second-order valence-electron chi connectivity index (χ2n) is 6.02. The predicted octanol–water partition coefficient (Wildman–Crippen LogP) is 1.73. The van der Waals surface area contributed by atoms with Crippen LogP contribution in [0.5, 0.6) is 0 Å². The van der Waals surface area contributed by atoms with Crippen LogP contribution in [0.4, 0.5) is 4.79 Å². The normalized spacial score (nSPS) is 34.0. The third-order valence-corrected chi connectivity index (χ3v) is 3.46. The van der Waals surface area contributed by atoms with Crippen molar-refractivity contribution in [3.8, 4) is 0 Å². The van der Waals surface area contributed by atoms with Crippen molar-refractivity contribution in [2.75, 3.05) is 6.54 Å². The van der Waals surface area contributed by atoms with Crippen molar-refractivity contribution >= 4 is 6.09 Å². The zero-order valence-electron chi connectivity index (χ0n) is 10.4. The number of hydrogen-bond acceptors (Lipinski definition) is 3. The lowest BCUT2D eigenvalue weighted by Gasteiger charge is -2.28. The van der Waals surface area contributed by atoms with Crippen LogP contribution in [0.3, 0.4) is 0 Å². The van der Waals surface area contributed by atoms with Crippen LogP contribution in [-0.2, 0) is 4.74 Å². The summed E-state index contributed by atoms with van der Waals surface area (Å²) in [5.74, 6) is 0.600. The molecule has 1 heterocycles. The first-order valence-corrected chi connectivity index (χ1v) is 6.12. The van der Waals surface area contributed by atoms with Gasteiger partial charge in [0.1, 0.15) is 5.60 Å². The van der Waals surface area contributed by atoms with Gasteiger partial charge < -0.3 is 15.4 Å². The van der Waals surface area contributed by atoms with Crippen molar-refractivity contribution < 1.29 is 9.53 Å². The van der Waals surface area contributed by atoms with Gasteiger partial charge in [0.25, 0.3) is 0 Å². The van der Waals surface area contributed by atoms with E-state index >= 15 is 0 Å². The van der Waals surface area contributed by atoms with E-state index in [9.17, 15) is 4.79 Å². The number of carbonyl (C=O) groups is 1. The number of nitrogens with two attached hydrogens (primary N) is 1. The van der Waals surface area contributed by atoms with Crippen LogP contribution in [0.2, 0.25) is 0 Å². The Hall–Kier alpha value is -0.770. The van der Waals surface area contributed by atoms with E-state index in [1.807, 2.05) is 25.7 Å². The molecule has 1 aliphatic heterocycles. The summed E-state index contributed by atoms with van der Waals surface area (Å²) in [6.45, 7) is 6.54. The lowest BCUT2D eigenvalue weighted by atomic mass is 10.0. The third-order valence-electron chi connectivity index (χ3n) is 3.46. The molecule has 2 aliphatic rings. The van der Waals surface area contributed by atoms with Gasteiger partial charge in [-0.1, -0.05) is 0 Å². The second kappa shape index (κ2) is 3.91. The van der Waals surface area contributed by atoms with Gasteiger partial charge in [0.05, 0.1) is 0 Å². The van der Waals surface area contributed by atoms with Gasteiger partial charge >= 0.3 is 6.09 Å². The van der Waals surface area contributed by atoms with Crippen molar-refractivity contribution in [2.45, 2.75) is 57.7 Å². The first-order chi connectivity index (χ1) is 7.37. The van der Waals surface area contributed by atoms with Crippen molar-refractivity contribution in [3.05, 3.63) is 0 Å². The number of ether oxygens (including phenoxy) is 1. The van der Waals surface area contributed by atoms with E-state index in [1.54, 1.807) is 0 Å². The lowest BCUT2D eigenvalue weighted by Crippen LogP contribution is -2.40. The Kier molecular flexibility index (Phi) is 2.86. The van der Waals surface area contributed by atoms with Crippen molar-refractivity contribution in [1.29, 1.82) is 0 Å². The topological polar surface area (TPSA) is 55.6 Å². The largest absolute Gasteiger partial charge is 0.444 e. The smallest absolute Gasteiger partial charge is 0.410 e. The van der Waals surface area contributed by atoms with Crippen LogP contribution >= 0.6 is 0 Å².